The van der Waals surface area contributed by atoms with Crippen molar-refractivity contribution in [2.75, 3.05) is 0 Å². The molecule has 0 amide bonds. The molecule has 0 bridgehead atoms. The highest BCUT2D eigenvalue weighted by atomic mass is 15.0. The van der Waals surface area contributed by atoms with Crippen molar-refractivity contribution in [3.63, 3.8) is 0 Å². The summed E-state index contributed by atoms with van der Waals surface area (Å²) in [4.78, 5) is 0. The molecule has 0 saturated heterocycles. The van der Waals surface area contributed by atoms with E-state index in [1.54, 1.807) is 0 Å². The number of hydrogen-bond donors (Lipinski definition) is 1. The molecule has 3 rings (SSSR count). The fourth-order valence-corrected chi connectivity index (χ4v) is 3.45. The molecule has 1 aromatic heterocycles. The third kappa shape index (κ3) is 3.49. The van der Waals surface area contributed by atoms with Gasteiger partial charge in [-0.15, -0.1) is 0 Å². The number of nitrogens with one attached hydrogen (secondary N) is 1. The van der Waals surface area contributed by atoms with E-state index in [9.17, 15) is 0 Å². The van der Waals surface area contributed by atoms with Gasteiger partial charge < -0.3 is 9.88 Å². The topological polar surface area (TPSA) is 17.0 Å². The van der Waals surface area contributed by atoms with Gasteiger partial charge in [0.1, 0.15) is 0 Å². The van der Waals surface area contributed by atoms with Crippen LogP contribution in [0.3, 0.4) is 0 Å². The van der Waals surface area contributed by atoms with E-state index in [0.717, 1.165) is 12.5 Å². The molecule has 1 aliphatic carbocycles. The first-order chi connectivity index (χ1) is 10.0. The third-order valence-corrected chi connectivity index (χ3v) is 4.61. The van der Waals surface area contributed by atoms with E-state index in [4.69, 9.17) is 0 Å². The molecule has 1 fully saturated rings. The maximum Gasteiger partial charge on any atom is 0.0483 e. The Morgan fingerprint density at radius 2 is 1.86 bits per heavy atom. The quantitative estimate of drug-likeness (QED) is 0.859. The van der Waals surface area contributed by atoms with Crippen molar-refractivity contribution >= 4 is 10.9 Å². The fourth-order valence-electron chi connectivity index (χ4n) is 3.45. The van der Waals surface area contributed by atoms with Crippen molar-refractivity contribution in [1.82, 2.24) is 9.88 Å². The van der Waals surface area contributed by atoms with E-state index in [0.29, 0.717) is 0 Å². The van der Waals surface area contributed by atoms with E-state index >= 15 is 0 Å². The highest BCUT2D eigenvalue weighted by Gasteiger charge is 2.18. The molecule has 0 spiro atoms. The summed E-state index contributed by atoms with van der Waals surface area (Å²) < 4.78 is 2.49. The van der Waals surface area contributed by atoms with E-state index in [2.05, 4.69) is 61.1 Å². The monoisotopic (exact) mass is 284 g/mol. The highest BCUT2D eigenvalue weighted by Crippen LogP contribution is 2.29. The molecule has 114 valence electrons. The first-order valence-corrected chi connectivity index (χ1v) is 8.35. The first kappa shape index (κ1) is 14.6. The Morgan fingerprint density at radius 3 is 2.57 bits per heavy atom. The number of para-hydroxylation sites is 1. The minimum atomic E-state index is 0.161. The summed E-state index contributed by atoms with van der Waals surface area (Å²) in [6, 6.07) is 8.85. The van der Waals surface area contributed by atoms with E-state index in [1.165, 1.54) is 48.7 Å². The molecule has 0 aliphatic heterocycles. The van der Waals surface area contributed by atoms with E-state index in [-0.39, 0.29) is 5.54 Å². The molecule has 0 unspecified atom stereocenters. The van der Waals surface area contributed by atoms with Gasteiger partial charge in [-0.05, 0) is 51.2 Å². The Labute approximate surface area is 128 Å². The summed E-state index contributed by atoms with van der Waals surface area (Å²) in [7, 11) is 0. The normalized spacial score (nSPS) is 16.9. The smallest absolute Gasteiger partial charge is 0.0483 e. The molecule has 2 aromatic rings. The molecule has 1 aromatic carbocycles. The van der Waals surface area contributed by atoms with Gasteiger partial charge in [-0.3, -0.25) is 0 Å². The molecule has 2 heteroatoms. The lowest BCUT2D eigenvalue weighted by Gasteiger charge is -2.20. The van der Waals surface area contributed by atoms with Gasteiger partial charge in [-0.25, -0.2) is 0 Å². The van der Waals surface area contributed by atoms with Crippen molar-refractivity contribution in [3.8, 4) is 0 Å². The zero-order valence-electron chi connectivity index (χ0n) is 13.7. The second-order valence-corrected chi connectivity index (χ2v) is 7.58. The number of aromatic nitrogens is 1. The molecule has 1 saturated carbocycles. The highest BCUT2D eigenvalue weighted by molar-refractivity contribution is 5.83. The summed E-state index contributed by atoms with van der Waals surface area (Å²) in [6.45, 7) is 8.82. The molecule has 21 heavy (non-hydrogen) atoms. The lowest BCUT2D eigenvalue weighted by atomic mass is 10.1. The van der Waals surface area contributed by atoms with E-state index in [1.807, 2.05) is 0 Å². The molecular formula is C19H28N2. The van der Waals surface area contributed by atoms with Crippen LogP contribution in [0.25, 0.3) is 10.9 Å². The molecule has 0 atom stereocenters. The van der Waals surface area contributed by atoms with Crippen LogP contribution in [0.5, 0.6) is 0 Å². The van der Waals surface area contributed by atoms with Crippen LogP contribution in [-0.4, -0.2) is 10.1 Å². The van der Waals surface area contributed by atoms with Crippen LogP contribution in [0.2, 0.25) is 0 Å². The van der Waals surface area contributed by atoms with Gasteiger partial charge in [0, 0.05) is 35.7 Å². The summed E-state index contributed by atoms with van der Waals surface area (Å²) in [5.74, 6) is 0.879. The van der Waals surface area contributed by atoms with Crippen LogP contribution < -0.4 is 5.32 Å². The summed E-state index contributed by atoms with van der Waals surface area (Å²) in [6.07, 6.45) is 8.02. The standard InChI is InChI=1S/C19H28N2/c1-19(2,3)20-12-16-14-21(13-15-8-4-5-9-15)18-11-7-6-10-17(16)18/h6-7,10-11,14-15,20H,4-5,8-9,12-13H2,1-3H3. The first-order valence-electron chi connectivity index (χ1n) is 8.35. The summed E-state index contributed by atoms with van der Waals surface area (Å²) >= 11 is 0. The van der Waals surface area contributed by atoms with Crippen LogP contribution in [0.1, 0.15) is 52.0 Å². The van der Waals surface area contributed by atoms with Crippen LogP contribution >= 0.6 is 0 Å². The van der Waals surface area contributed by atoms with Gasteiger partial charge in [0.2, 0.25) is 0 Å². The zero-order valence-corrected chi connectivity index (χ0v) is 13.7. The van der Waals surface area contributed by atoms with Crippen LogP contribution in [-0.2, 0) is 13.1 Å². The second-order valence-electron chi connectivity index (χ2n) is 7.58. The van der Waals surface area contributed by atoms with Gasteiger partial charge in [0.05, 0.1) is 0 Å². The van der Waals surface area contributed by atoms with Gasteiger partial charge >= 0.3 is 0 Å². The van der Waals surface area contributed by atoms with E-state index < -0.39 is 0 Å². The average Bonchev–Trinajstić information content (AvgIpc) is 3.05. The van der Waals surface area contributed by atoms with Crippen LogP contribution in [0.15, 0.2) is 30.5 Å². The fraction of sp³-hybridized carbons (Fsp3) is 0.579. The number of benzene rings is 1. The van der Waals surface area contributed by atoms with Gasteiger partial charge in [0.25, 0.3) is 0 Å². The van der Waals surface area contributed by atoms with Crippen LogP contribution in [0, 0.1) is 5.92 Å². The van der Waals surface area contributed by atoms with Gasteiger partial charge in [-0.1, -0.05) is 31.0 Å². The lowest BCUT2D eigenvalue weighted by molar-refractivity contribution is 0.423. The maximum absolute atomic E-state index is 3.62. The Hall–Kier alpha value is -1.28. The van der Waals surface area contributed by atoms with Crippen molar-refractivity contribution in [2.24, 2.45) is 5.92 Å². The predicted octanol–water partition coefficient (Wildman–Crippen LogP) is 4.72. The minimum Gasteiger partial charge on any atom is -0.347 e. The number of nitrogens with zero attached hydrogens (tertiary/aromatic N) is 1. The molecule has 1 aliphatic rings. The SMILES string of the molecule is CC(C)(C)NCc1cn(CC2CCCC2)c2ccccc12. The average molecular weight is 284 g/mol. The van der Waals surface area contributed by atoms with Crippen molar-refractivity contribution in [2.45, 2.75) is 65.1 Å². The molecule has 2 nitrogen and oxygen atoms in total. The Bertz CT molecular complexity index is 598. The third-order valence-electron chi connectivity index (χ3n) is 4.61. The van der Waals surface area contributed by atoms with Crippen molar-refractivity contribution < 1.29 is 0 Å². The van der Waals surface area contributed by atoms with Gasteiger partial charge in [0.15, 0.2) is 0 Å². The Kier molecular flexibility index (Phi) is 4.08. The largest absolute Gasteiger partial charge is 0.347 e. The minimum absolute atomic E-state index is 0.161. The molecule has 1 N–H and O–H groups in total. The molecular weight excluding hydrogens is 256 g/mol. The maximum atomic E-state index is 3.62. The Balaban J connectivity index is 1.86. The Morgan fingerprint density at radius 1 is 1.14 bits per heavy atom. The second kappa shape index (κ2) is 5.84. The molecule has 1 heterocycles. The van der Waals surface area contributed by atoms with Crippen molar-refractivity contribution in [1.29, 1.82) is 0 Å². The number of fused-ring (bicyclic) bond motifs is 1. The zero-order chi connectivity index (χ0) is 14.9. The van der Waals surface area contributed by atoms with Crippen molar-refractivity contribution in [3.05, 3.63) is 36.0 Å². The number of rotatable bonds is 4. The molecule has 0 radical (unpaired) electrons. The van der Waals surface area contributed by atoms with Gasteiger partial charge in [-0.2, -0.15) is 0 Å². The summed E-state index contributed by atoms with van der Waals surface area (Å²) in [5.41, 5.74) is 2.99. The summed E-state index contributed by atoms with van der Waals surface area (Å²) in [5, 5.41) is 5.03. The number of hydrogen-bond acceptors (Lipinski definition) is 1. The lowest BCUT2D eigenvalue weighted by Crippen LogP contribution is -2.35. The van der Waals surface area contributed by atoms with Crippen LogP contribution in [0.4, 0.5) is 0 Å². The predicted molar refractivity (Wildman–Crippen MR) is 90.5 cm³/mol.